The van der Waals surface area contributed by atoms with E-state index in [0.29, 0.717) is 5.13 Å². The van der Waals surface area contributed by atoms with Crippen LogP contribution in [0.4, 0.5) is 9.52 Å². The Hall–Kier alpha value is -3.32. The Morgan fingerprint density at radius 2 is 2.10 bits per heavy atom. The normalized spacial score (nSPS) is 14.1. The molecule has 2 aliphatic carbocycles. The van der Waals surface area contributed by atoms with Gasteiger partial charge in [0.1, 0.15) is 5.75 Å². The van der Waals surface area contributed by atoms with Gasteiger partial charge in [0.2, 0.25) is 0 Å². The molecule has 2 heterocycles. The number of aryl methyl sites for hydroxylation is 1. The monoisotopic (exact) mass is 405 g/mol. The number of hydrogen-bond donors (Lipinski definition) is 1. The van der Waals surface area contributed by atoms with Crippen molar-refractivity contribution >= 4 is 27.9 Å². The third-order valence-electron chi connectivity index (χ3n) is 5.12. The second-order valence-corrected chi connectivity index (χ2v) is 7.79. The summed E-state index contributed by atoms with van der Waals surface area (Å²) < 4.78 is 19.3. The lowest BCUT2D eigenvalue weighted by Gasteiger charge is -2.22. The van der Waals surface area contributed by atoms with Crippen molar-refractivity contribution in [2.75, 3.05) is 12.4 Å². The first kappa shape index (κ1) is 17.8. The highest BCUT2D eigenvalue weighted by molar-refractivity contribution is 7.19. The number of ether oxygens (including phenoxy) is 1. The van der Waals surface area contributed by atoms with E-state index in [1.54, 1.807) is 7.11 Å². The van der Waals surface area contributed by atoms with Crippen LogP contribution in [-0.4, -0.2) is 23.0 Å². The molecule has 3 aromatic rings. The molecule has 0 atom stereocenters. The molecule has 0 aliphatic heterocycles. The van der Waals surface area contributed by atoms with Crippen molar-refractivity contribution in [3.8, 4) is 16.2 Å². The lowest BCUT2D eigenvalue weighted by atomic mass is 9.83. The predicted octanol–water partition coefficient (Wildman–Crippen LogP) is 4.87. The number of amides is 1. The highest BCUT2D eigenvalue weighted by atomic mass is 32.1. The Morgan fingerprint density at radius 1 is 1.21 bits per heavy atom. The minimum absolute atomic E-state index is 0.0574. The summed E-state index contributed by atoms with van der Waals surface area (Å²) in [5.41, 5.74) is 5.57. The summed E-state index contributed by atoms with van der Waals surface area (Å²) in [5.74, 6) is -0.438. The number of methoxy groups -OCH3 is 1. The molecular weight excluding hydrogens is 389 g/mol. The first-order valence-corrected chi connectivity index (χ1v) is 9.96. The molecule has 0 bridgehead atoms. The molecule has 144 valence electrons. The van der Waals surface area contributed by atoms with Crippen LogP contribution in [0.5, 0.6) is 5.75 Å². The number of halogens is 1. The fourth-order valence-electron chi connectivity index (χ4n) is 3.60. The molecule has 0 spiro atoms. The number of rotatable bonds is 3. The lowest BCUT2D eigenvalue weighted by molar-refractivity contribution is 0.102. The first-order valence-electron chi connectivity index (χ1n) is 9.14. The van der Waals surface area contributed by atoms with Crippen molar-refractivity contribution in [1.29, 1.82) is 0 Å². The molecule has 7 heteroatoms. The summed E-state index contributed by atoms with van der Waals surface area (Å²) in [4.78, 5) is 21.8. The highest BCUT2D eigenvalue weighted by Crippen LogP contribution is 2.45. The number of carbonyl (C=O) groups excluding carboxylic acids is 1. The zero-order valence-corrected chi connectivity index (χ0v) is 16.3. The average Bonchev–Trinajstić information content (AvgIpc) is 3.09. The average molecular weight is 405 g/mol. The molecule has 0 unspecified atom stereocenters. The number of thiazole rings is 1. The van der Waals surface area contributed by atoms with E-state index in [-0.39, 0.29) is 5.56 Å². The summed E-state index contributed by atoms with van der Waals surface area (Å²) in [6, 6.07) is 7.37. The van der Waals surface area contributed by atoms with Crippen LogP contribution in [0, 0.1) is 5.82 Å². The number of hydrogen-bond acceptors (Lipinski definition) is 5. The van der Waals surface area contributed by atoms with Gasteiger partial charge in [0, 0.05) is 11.8 Å². The van der Waals surface area contributed by atoms with Gasteiger partial charge in [0.15, 0.2) is 10.9 Å². The van der Waals surface area contributed by atoms with Crippen molar-refractivity contribution in [1.82, 2.24) is 9.97 Å². The van der Waals surface area contributed by atoms with Crippen LogP contribution in [0.2, 0.25) is 0 Å². The van der Waals surface area contributed by atoms with Crippen LogP contribution in [0.25, 0.3) is 16.0 Å². The van der Waals surface area contributed by atoms with E-state index in [4.69, 9.17) is 4.74 Å². The van der Waals surface area contributed by atoms with Crippen LogP contribution in [0.15, 0.2) is 54.4 Å². The van der Waals surface area contributed by atoms with Crippen LogP contribution in [0.1, 0.15) is 28.0 Å². The van der Waals surface area contributed by atoms with Crippen molar-refractivity contribution < 1.29 is 13.9 Å². The second kappa shape index (κ2) is 6.93. The van der Waals surface area contributed by atoms with E-state index >= 15 is 0 Å². The molecule has 1 aromatic carbocycles. The molecule has 5 rings (SSSR count). The fraction of sp³-hybridized carbons (Fsp3) is 0.136. The minimum atomic E-state index is -0.662. The van der Waals surface area contributed by atoms with Crippen LogP contribution < -0.4 is 10.1 Å². The molecule has 2 aliphatic rings. The maximum atomic E-state index is 13.9. The van der Waals surface area contributed by atoms with Crippen molar-refractivity contribution in [3.05, 3.63) is 77.0 Å². The lowest BCUT2D eigenvalue weighted by Crippen LogP contribution is -2.13. The number of aromatic nitrogens is 2. The zero-order valence-electron chi connectivity index (χ0n) is 15.5. The molecule has 5 nitrogen and oxygen atoms in total. The number of fused-ring (bicyclic) bond motifs is 4. The number of nitrogens with zero attached hydrogens (tertiary/aromatic N) is 2. The summed E-state index contributed by atoms with van der Waals surface area (Å²) in [5, 5.41) is 3.18. The van der Waals surface area contributed by atoms with E-state index < -0.39 is 11.7 Å². The molecule has 0 saturated carbocycles. The van der Waals surface area contributed by atoms with E-state index in [1.165, 1.54) is 34.7 Å². The predicted molar refractivity (Wildman–Crippen MR) is 111 cm³/mol. The molecule has 29 heavy (non-hydrogen) atoms. The molecule has 1 N–H and O–H groups in total. The maximum Gasteiger partial charge on any atom is 0.260 e. The van der Waals surface area contributed by atoms with Gasteiger partial charge in [-0.3, -0.25) is 15.1 Å². The Bertz CT molecular complexity index is 1210. The SMILES string of the molecule is COc1ccc2c(c1)-c1sc(NC(=O)c3ccncc3F)nc1CCC1=C2C=C1. The number of allylic oxidation sites excluding steroid dienone is 4. The first-order chi connectivity index (χ1) is 14.1. The molecule has 0 saturated heterocycles. The van der Waals surface area contributed by atoms with E-state index in [0.717, 1.165) is 46.5 Å². The van der Waals surface area contributed by atoms with Gasteiger partial charge in [-0.2, -0.15) is 0 Å². The Morgan fingerprint density at radius 3 is 2.86 bits per heavy atom. The number of anilines is 1. The number of pyridine rings is 1. The van der Waals surface area contributed by atoms with Crippen LogP contribution >= 0.6 is 11.3 Å². The fourth-order valence-corrected chi connectivity index (χ4v) is 4.64. The quantitative estimate of drug-likeness (QED) is 0.675. The number of carbonyl (C=O) groups is 1. The van der Waals surface area contributed by atoms with Gasteiger partial charge >= 0.3 is 0 Å². The summed E-state index contributed by atoms with van der Waals surface area (Å²) >= 11 is 1.39. The van der Waals surface area contributed by atoms with Crippen molar-refractivity contribution in [2.24, 2.45) is 0 Å². The molecule has 1 amide bonds. The van der Waals surface area contributed by atoms with E-state index in [1.807, 2.05) is 12.1 Å². The number of nitrogens with one attached hydrogen (secondary N) is 1. The van der Waals surface area contributed by atoms with Gasteiger partial charge in [-0.25, -0.2) is 9.37 Å². The van der Waals surface area contributed by atoms with Gasteiger partial charge in [0.25, 0.3) is 5.91 Å². The largest absolute Gasteiger partial charge is 0.497 e. The summed E-state index contributed by atoms with van der Waals surface area (Å²) in [6.07, 6.45) is 8.33. The highest BCUT2D eigenvalue weighted by Gasteiger charge is 2.25. The van der Waals surface area contributed by atoms with Crippen LogP contribution in [-0.2, 0) is 6.42 Å². The molecule has 2 aromatic heterocycles. The Balaban J connectivity index is 1.55. The van der Waals surface area contributed by atoms with Crippen molar-refractivity contribution in [2.45, 2.75) is 12.8 Å². The van der Waals surface area contributed by atoms with Crippen LogP contribution in [0.3, 0.4) is 0 Å². The molecular formula is C22H16FN3O2S. The Labute approximate surface area is 170 Å². The topological polar surface area (TPSA) is 64.1 Å². The van der Waals surface area contributed by atoms with Gasteiger partial charge < -0.3 is 4.74 Å². The smallest absolute Gasteiger partial charge is 0.260 e. The third kappa shape index (κ3) is 3.03. The molecule has 0 radical (unpaired) electrons. The Kier molecular flexibility index (Phi) is 4.24. The third-order valence-corrected chi connectivity index (χ3v) is 6.17. The van der Waals surface area contributed by atoms with Gasteiger partial charge in [0.05, 0.1) is 29.4 Å². The summed E-state index contributed by atoms with van der Waals surface area (Å²) in [6.45, 7) is 0. The minimum Gasteiger partial charge on any atom is -0.497 e. The number of benzene rings is 1. The van der Waals surface area contributed by atoms with Gasteiger partial charge in [-0.05, 0) is 47.8 Å². The molecule has 0 fully saturated rings. The van der Waals surface area contributed by atoms with Gasteiger partial charge in [-0.1, -0.05) is 29.6 Å². The zero-order chi connectivity index (χ0) is 20.0. The summed E-state index contributed by atoms with van der Waals surface area (Å²) in [7, 11) is 1.64. The second-order valence-electron chi connectivity index (χ2n) is 6.79. The standard InChI is InChI=1S/C22H16FN3O2S/c1-28-13-4-6-15-14-5-2-12(14)3-7-19-20(17(15)10-13)29-22(25-19)26-21(27)16-8-9-24-11-18(16)23/h2,4-6,8-11H,3,7H2,1H3,(H,25,26,27). The van der Waals surface area contributed by atoms with Crippen molar-refractivity contribution in [3.63, 3.8) is 0 Å². The van der Waals surface area contributed by atoms with E-state index in [2.05, 4.69) is 33.5 Å². The van der Waals surface area contributed by atoms with Gasteiger partial charge in [-0.15, -0.1) is 0 Å². The maximum absolute atomic E-state index is 13.9. The van der Waals surface area contributed by atoms with E-state index in [9.17, 15) is 9.18 Å².